The fraction of sp³-hybridized carbons (Fsp3) is 0.231. The first kappa shape index (κ1) is 30.6. The number of nitrogens with zero attached hydrogens (tertiary/aromatic N) is 1. The van der Waals surface area contributed by atoms with Crippen LogP contribution in [0.2, 0.25) is 0 Å². The number of fused-ring (bicyclic) bond motifs is 1. The summed E-state index contributed by atoms with van der Waals surface area (Å²) in [5.74, 6) is -1.38. The second kappa shape index (κ2) is 15.0. The maximum absolute atomic E-state index is 12.6. The maximum atomic E-state index is 12.6. The van der Waals surface area contributed by atoms with Crippen molar-refractivity contribution < 1.29 is 14.3 Å². The lowest BCUT2D eigenvalue weighted by atomic mass is 9.90. The number of hydrogen-bond acceptors (Lipinski definition) is 4. The van der Waals surface area contributed by atoms with Gasteiger partial charge in [-0.25, -0.2) is 4.79 Å². The van der Waals surface area contributed by atoms with Crippen LogP contribution in [0.25, 0.3) is 22.0 Å². The van der Waals surface area contributed by atoms with Crippen molar-refractivity contribution in [2.75, 3.05) is 18.5 Å². The van der Waals surface area contributed by atoms with E-state index in [1.165, 1.54) is 27.8 Å². The lowest BCUT2D eigenvalue weighted by Gasteiger charge is -2.15. The molecule has 0 bridgehead atoms. The molecule has 0 aliphatic heterocycles. The van der Waals surface area contributed by atoms with Gasteiger partial charge in [0.25, 0.3) is 5.78 Å². The summed E-state index contributed by atoms with van der Waals surface area (Å²) in [6.45, 7) is 5.79. The molecule has 0 saturated heterocycles. The number of benzene rings is 4. The van der Waals surface area contributed by atoms with Crippen molar-refractivity contribution in [3.05, 3.63) is 138 Å². The number of anilines is 1. The monoisotopic (exact) mass is 584 g/mol. The topological polar surface area (TPSA) is 60.3 Å². The quantitative estimate of drug-likeness (QED) is 0.0465. The first-order chi connectivity index (χ1) is 21.6. The first-order valence-corrected chi connectivity index (χ1v) is 15.5. The highest BCUT2D eigenvalue weighted by Crippen LogP contribution is 2.32. The Bertz CT molecular complexity index is 1720. The van der Waals surface area contributed by atoms with E-state index in [1.807, 2.05) is 24.3 Å². The molecule has 44 heavy (non-hydrogen) atoms. The van der Waals surface area contributed by atoms with Crippen molar-refractivity contribution in [3.8, 4) is 0 Å². The van der Waals surface area contributed by atoms with Crippen molar-refractivity contribution in [2.45, 2.75) is 46.1 Å². The fourth-order valence-electron chi connectivity index (χ4n) is 5.70. The van der Waals surface area contributed by atoms with Crippen LogP contribution in [0.4, 0.5) is 5.69 Å². The summed E-state index contributed by atoms with van der Waals surface area (Å²) in [6.07, 6.45) is 6.06. The minimum absolute atomic E-state index is 0.185. The average Bonchev–Trinajstić information content (AvgIpc) is 3.44. The molecule has 1 N–H and O–H groups in total. The number of rotatable bonds is 14. The van der Waals surface area contributed by atoms with Gasteiger partial charge in [-0.2, -0.15) is 0 Å². The zero-order chi connectivity index (χ0) is 30.7. The predicted octanol–water partition coefficient (Wildman–Crippen LogP) is 9.04. The number of Topliss-reactive ketones (excluding diaryl/α,β-unsaturated/α-hetero) is 1. The van der Waals surface area contributed by atoms with Crippen LogP contribution < -0.4 is 5.32 Å². The van der Waals surface area contributed by atoms with Crippen molar-refractivity contribution in [3.63, 3.8) is 0 Å². The molecular weight excluding hydrogens is 544 g/mol. The Hall–Kier alpha value is -4.90. The normalized spacial score (nSPS) is 11.7. The largest absolute Gasteiger partial charge is 0.460 e. The number of ether oxygens (including phenoxy) is 1. The SMILES string of the molecule is CCOC(=O)C(=O)c1cn(CCCCCCNc2ccc(C(=C(C)c3ccccc3)c3ccccc3)cc2)c2ccccc12. The molecule has 1 aromatic heterocycles. The molecule has 1 heterocycles. The number of para-hydroxylation sites is 1. The van der Waals surface area contributed by atoms with Crippen LogP contribution in [0.5, 0.6) is 0 Å². The lowest BCUT2D eigenvalue weighted by Crippen LogP contribution is -2.17. The average molecular weight is 585 g/mol. The van der Waals surface area contributed by atoms with E-state index in [-0.39, 0.29) is 6.61 Å². The third-order valence-corrected chi connectivity index (χ3v) is 7.97. The van der Waals surface area contributed by atoms with E-state index in [4.69, 9.17) is 4.74 Å². The third-order valence-electron chi connectivity index (χ3n) is 7.97. The molecule has 0 atom stereocenters. The van der Waals surface area contributed by atoms with E-state index in [1.54, 1.807) is 13.1 Å². The van der Waals surface area contributed by atoms with Crippen LogP contribution in [-0.4, -0.2) is 29.5 Å². The number of aromatic nitrogens is 1. The number of carbonyl (C=O) groups is 2. The zero-order valence-corrected chi connectivity index (χ0v) is 25.6. The first-order valence-electron chi connectivity index (χ1n) is 15.5. The van der Waals surface area contributed by atoms with Crippen LogP contribution in [0.3, 0.4) is 0 Å². The molecule has 0 radical (unpaired) electrons. The molecule has 5 rings (SSSR count). The fourth-order valence-corrected chi connectivity index (χ4v) is 5.70. The standard InChI is InChI=1S/C39H40N2O3/c1-3-44-39(43)38(42)35-28-41(36-21-13-12-20-34(35)36)27-15-5-4-14-26-40-33-24-22-32(23-25-33)37(31-18-10-7-11-19-31)29(2)30-16-8-6-9-17-30/h6-13,16-25,28,40H,3-5,14-15,26-27H2,1-2H3. The van der Waals surface area contributed by atoms with Crippen molar-refractivity contribution in [2.24, 2.45) is 0 Å². The van der Waals surface area contributed by atoms with Gasteiger partial charge in [-0.15, -0.1) is 0 Å². The number of carbonyl (C=O) groups excluding carboxylic acids is 2. The van der Waals surface area contributed by atoms with Gasteiger partial charge in [-0.1, -0.05) is 104 Å². The van der Waals surface area contributed by atoms with Crippen LogP contribution in [0.1, 0.15) is 66.6 Å². The van der Waals surface area contributed by atoms with Crippen LogP contribution in [0, 0.1) is 0 Å². The van der Waals surface area contributed by atoms with E-state index in [2.05, 4.69) is 102 Å². The van der Waals surface area contributed by atoms with Gasteiger partial charge in [-0.05, 0) is 72.7 Å². The number of hydrogen-bond donors (Lipinski definition) is 1. The van der Waals surface area contributed by atoms with E-state index in [9.17, 15) is 9.59 Å². The van der Waals surface area contributed by atoms with Crippen molar-refractivity contribution in [1.82, 2.24) is 4.57 Å². The maximum Gasteiger partial charge on any atom is 0.379 e. The summed E-state index contributed by atoms with van der Waals surface area (Å²) in [5, 5.41) is 4.37. The molecule has 224 valence electrons. The van der Waals surface area contributed by atoms with Crippen LogP contribution in [0.15, 0.2) is 115 Å². The van der Waals surface area contributed by atoms with E-state index in [0.29, 0.717) is 5.56 Å². The summed E-state index contributed by atoms with van der Waals surface area (Å²) >= 11 is 0. The molecule has 5 nitrogen and oxygen atoms in total. The Kier molecular flexibility index (Phi) is 10.4. The highest BCUT2D eigenvalue weighted by Gasteiger charge is 2.22. The molecule has 5 heteroatoms. The lowest BCUT2D eigenvalue weighted by molar-refractivity contribution is -0.137. The van der Waals surface area contributed by atoms with Gasteiger partial charge in [0.15, 0.2) is 0 Å². The van der Waals surface area contributed by atoms with Gasteiger partial charge in [0.1, 0.15) is 0 Å². The summed E-state index contributed by atoms with van der Waals surface area (Å²) < 4.78 is 7.02. The van der Waals surface area contributed by atoms with Gasteiger partial charge in [0.05, 0.1) is 12.2 Å². The molecule has 0 unspecified atom stereocenters. The van der Waals surface area contributed by atoms with Crippen LogP contribution >= 0.6 is 0 Å². The highest BCUT2D eigenvalue weighted by atomic mass is 16.5. The minimum Gasteiger partial charge on any atom is -0.460 e. The van der Waals surface area contributed by atoms with Crippen LogP contribution in [-0.2, 0) is 16.1 Å². The molecule has 0 saturated carbocycles. The Morgan fingerprint density at radius 3 is 2.02 bits per heavy atom. The number of ketones is 1. The summed E-state index contributed by atoms with van der Waals surface area (Å²) in [5.41, 5.74) is 8.64. The van der Waals surface area contributed by atoms with Crippen molar-refractivity contribution in [1.29, 1.82) is 0 Å². The molecule has 0 fully saturated rings. The molecule has 4 aromatic carbocycles. The van der Waals surface area contributed by atoms with Gasteiger partial charge < -0.3 is 14.6 Å². The number of aryl methyl sites for hydroxylation is 1. The molecule has 0 amide bonds. The summed E-state index contributed by atoms with van der Waals surface area (Å²) in [6, 6.07) is 37.6. The highest BCUT2D eigenvalue weighted by molar-refractivity contribution is 6.43. The smallest absolute Gasteiger partial charge is 0.379 e. The van der Waals surface area contributed by atoms with Gasteiger partial charge in [0, 0.05) is 35.9 Å². The Morgan fingerprint density at radius 1 is 0.705 bits per heavy atom. The van der Waals surface area contributed by atoms with Gasteiger partial charge >= 0.3 is 5.97 Å². The van der Waals surface area contributed by atoms with E-state index < -0.39 is 11.8 Å². The van der Waals surface area contributed by atoms with E-state index in [0.717, 1.165) is 55.4 Å². The molecule has 5 aromatic rings. The number of esters is 1. The zero-order valence-electron chi connectivity index (χ0n) is 25.6. The molecular formula is C39H40N2O3. The second-order valence-electron chi connectivity index (χ2n) is 11.0. The van der Waals surface area contributed by atoms with Crippen molar-refractivity contribution >= 4 is 39.5 Å². The second-order valence-corrected chi connectivity index (χ2v) is 11.0. The number of allylic oxidation sites excluding steroid dienone is 1. The van der Waals surface area contributed by atoms with E-state index >= 15 is 0 Å². The molecule has 0 aliphatic carbocycles. The Morgan fingerprint density at radius 2 is 1.32 bits per heavy atom. The number of nitrogens with one attached hydrogen (secondary N) is 1. The molecule has 0 aliphatic rings. The summed E-state index contributed by atoms with van der Waals surface area (Å²) in [4.78, 5) is 24.7. The minimum atomic E-state index is -0.798. The van der Waals surface area contributed by atoms with Gasteiger partial charge in [-0.3, -0.25) is 4.79 Å². The Labute approximate surface area is 260 Å². The predicted molar refractivity (Wildman–Crippen MR) is 181 cm³/mol. The third kappa shape index (κ3) is 7.35. The number of unbranched alkanes of at least 4 members (excludes halogenated alkanes) is 3. The summed E-state index contributed by atoms with van der Waals surface area (Å²) in [7, 11) is 0. The molecule has 0 spiro atoms. The Balaban J connectivity index is 1.13. The van der Waals surface area contributed by atoms with Gasteiger partial charge in [0.2, 0.25) is 0 Å².